The van der Waals surface area contributed by atoms with Crippen molar-refractivity contribution < 1.29 is 4.52 Å². The third-order valence-corrected chi connectivity index (χ3v) is 4.05. The first-order chi connectivity index (χ1) is 10.1. The van der Waals surface area contributed by atoms with Gasteiger partial charge in [-0.15, -0.1) is 5.10 Å². The van der Waals surface area contributed by atoms with E-state index in [1.807, 2.05) is 19.1 Å². The van der Waals surface area contributed by atoms with E-state index >= 15 is 0 Å². The van der Waals surface area contributed by atoms with Crippen LogP contribution in [0.4, 0.5) is 0 Å². The Morgan fingerprint density at radius 2 is 1.95 bits per heavy atom. The lowest BCUT2D eigenvalue weighted by Crippen LogP contribution is -2.03. The normalized spacial score (nSPS) is 11.0. The van der Waals surface area contributed by atoms with Gasteiger partial charge in [0.1, 0.15) is 5.76 Å². The van der Waals surface area contributed by atoms with Crippen LogP contribution >= 0.6 is 11.8 Å². The van der Waals surface area contributed by atoms with Crippen LogP contribution in [0.3, 0.4) is 0 Å². The summed E-state index contributed by atoms with van der Waals surface area (Å²) >= 11 is 1.53. The molecule has 0 saturated carbocycles. The summed E-state index contributed by atoms with van der Waals surface area (Å²) in [6.07, 6.45) is 0. The van der Waals surface area contributed by atoms with Gasteiger partial charge in [0.2, 0.25) is 5.16 Å². The van der Waals surface area contributed by atoms with Gasteiger partial charge in [0.25, 0.3) is 0 Å². The Balaban J connectivity index is 1.87. The molecule has 7 heteroatoms. The lowest BCUT2D eigenvalue weighted by atomic mass is 10.1. The van der Waals surface area contributed by atoms with Crippen molar-refractivity contribution in [1.29, 1.82) is 0 Å². The molecule has 3 rings (SSSR count). The van der Waals surface area contributed by atoms with Gasteiger partial charge in [-0.25, -0.2) is 0 Å². The Kier molecular flexibility index (Phi) is 3.74. The Hall–Kier alpha value is -2.15. The number of hydrogen-bond acceptors (Lipinski definition) is 6. The van der Waals surface area contributed by atoms with Crippen molar-refractivity contribution in [3.05, 3.63) is 46.8 Å². The van der Waals surface area contributed by atoms with Crippen LogP contribution in [0.15, 0.2) is 33.9 Å². The third kappa shape index (κ3) is 2.82. The third-order valence-electron chi connectivity index (χ3n) is 3.11. The average Bonchev–Trinajstić information content (AvgIpc) is 3.05. The molecule has 0 aliphatic heterocycles. The number of tetrazole rings is 1. The standard InChI is InChI=1S/C14H15N5OS/c1-9-5-4-6-10(2)13(9)19-14(15-17-18-19)21-8-12-7-11(3)16-20-12/h4-7H,8H2,1-3H3. The molecule has 3 aromatic rings. The van der Waals surface area contributed by atoms with E-state index in [1.54, 1.807) is 4.68 Å². The van der Waals surface area contributed by atoms with Gasteiger partial charge in [0.05, 0.1) is 17.1 Å². The van der Waals surface area contributed by atoms with Crippen molar-refractivity contribution in [2.24, 2.45) is 0 Å². The molecule has 0 fully saturated rings. The highest BCUT2D eigenvalue weighted by Gasteiger charge is 2.14. The maximum atomic E-state index is 5.21. The first-order valence-electron chi connectivity index (χ1n) is 6.55. The molecule has 0 bridgehead atoms. The number of para-hydroxylation sites is 1. The number of hydrogen-bond donors (Lipinski definition) is 0. The average molecular weight is 301 g/mol. The zero-order valence-electron chi connectivity index (χ0n) is 12.1. The van der Waals surface area contributed by atoms with Crippen LogP contribution in [0, 0.1) is 20.8 Å². The topological polar surface area (TPSA) is 69.6 Å². The molecule has 0 saturated heterocycles. The summed E-state index contributed by atoms with van der Waals surface area (Å²) in [6, 6.07) is 8.05. The number of thioether (sulfide) groups is 1. The molecule has 0 radical (unpaired) electrons. The van der Waals surface area contributed by atoms with Crippen LogP contribution in [-0.4, -0.2) is 25.4 Å². The molecular formula is C14H15N5OS. The molecule has 0 N–H and O–H groups in total. The minimum atomic E-state index is 0.645. The van der Waals surface area contributed by atoms with E-state index in [4.69, 9.17) is 4.52 Å². The summed E-state index contributed by atoms with van der Waals surface area (Å²) in [4.78, 5) is 0. The second kappa shape index (κ2) is 5.69. The highest BCUT2D eigenvalue weighted by atomic mass is 32.2. The number of benzene rings is 1. The Labute approximate surface area is 126 Å². The zero-order chi connectivity index (χ0) is 14.8. The van der Waals surface area contributed by atoms with E-state index in [2.05, 4.69) is 46.7 Å². The highest BCUT2D eigenvalue weighted by molar-refractivity contribution is 7.98. The van der Waals surface area contributed by atoms with E-state index < -0.39 is 0 Å². The van der Waals surface area contributed by atoms with Gasteiger partial charge < -0.3 is 4.52 Å². The molecule has 0 aliphatic carbocycles. The Morgan fingerprint density at radius 3 is 2.62 bits per heavy atom. The van der Waals surface area contributed by atoms with Crippen molar-refractivity contribution in [3.8, 4) is 5.69 Å². The van der Waals surface area contributed by atoms with Gasteiger partial charge in [-0.05, 0) is 42.3 Å². The molecule has 21 heavy (non-hydrogen) atoms. The van der Waals surface area contributed by atoms with Crippen molar-refractivity contribution in [2.45, 2.75) is 31.7 Å². The molecule has 1 aromatic carbocycles. The van der Waals surface area contributed by atoms with E-state index in [0.717, 1.165) is 33.4 Å². The van der Waals surface area contributed by atoms with Gasteiger partial charge >= 0.3 is 0 Å². The minimum Gasteiger partial charge on any atom is -0.360 e. The molecule has 108 valence electrons. The first kappa shape index (κ1) is 13.8. The summed E-state index contributed by atoms with van der Waals surface area (Å²) in [5, 5.41) is 16.6. The predicted octanol–water partition coefficient (Wildman–Crippen LogP) is 2.87. The summed E-state index contributed by atoms with van der Waals surface area (Å²) in [6.45, 7) is 6.01. The molecule has 6 nitrogen and oxygen atoms in total. The quantitative estimate of drug-likeness (QED) is 0.690. The van der Waals surface area contributed by atoms with Crippen molar-refractivity contribution in [1.82, 2.24) is 25.4 Å². The van der Waals surface area contributed by atoms with Crippen LogP contribution in [0.2, 0.25) is 0 Å². The van der Waals surface area contributed by atoms with Gasteiger partial charge in [0.15, 0.2) is 0 Å². The monoisotopic (exact) mass is 301 g/mol. The second-order valence-electron chi connectivity index (χ2n) is 4.84. The minimum absolute atomic E-state index is 0.645. The van der Waals surface area contributed by atoms with E-state index in [-0.39, 0.29) is 0 Å². The van der Waals surface area contributed by atoms with Crippen LogP contribution < -0.4 is 0 Å². The van der Waals surface area contributed by atoms with Gasteiger partial charge in [-0.1, -0.05) is 35.1 Å². The fraction of sp³-hybridized carbons (Fsp3) is 0.286. The summed E-state index contributed by atoms with van der Waals surface area (Å²) in [5.74, 6) is 1.46. The number of aromatic nitrogens is 5. The van der Waals surface area contributed by atoms with Crippen LogP contribution in [-0.2, 0) is 5.75 Å². The molecular weight excluding hydrogens is 286 g/mol. The molecule has 0 unspecified atom stereocenters. The molecule has 0 aliphatic rings. The Bertz CT molecular complexity index is 744. The van der Waals surface area contributed by atoms with Gasteiger partial charge in [0, 0.05) is 6.07 Å². The molecule has 2 heterocycles. The van der Waals surface area contributed by atoms with Crippen molar-refractivity contribution >= 4 is 11.8 Å². The van der Waals surface area contributed by atoms with Crippen LogP contribution in [0.25, 0.3) is 5.69 Å². The van der Waals surface area contributed by atoms with Crippen LogP contribution in [0.5, 0.6) is 0 Å². The largest absolute Gasteiger partial charge is 0.360 e. The van der Waals surface area contributed by atoms with Gasteiger partial charge in [-0.2, -0.15) is 4.68 Å². The van der Waals surface area contributed by atoms with Crippen molar-refractivity contribution in [3.63, 3.8) is 0 Å². The number of aryl methyl sites for hydroxylation is 3. The summed E-state index contributed by atoms with van der Waals surface area (Å²) in [7, 11) is 0. The van der Waals surface area contributed by atoms with E-state index in [0.29, 0.717) is 5.75 Å². The highest BCUT2D eigenvalue weighted by Crippen LogP contribution is 2.25. The lowest BCUT2D eigenvalue weighted by molar-refractivity contribution is 0.391. The summed E-state index contributed by atoms with van der Waals surface area (Å²) in [5.41, 5.74) is 4.18. The van der Waals surface area contributed by atoms with Crippen molar-refractivity contribution in [2.75, 3.05) is 0 Å². The predicted molar refractivity (Wildman–Crippen MR) is 79.4 cm³/mol. The lowest BCUT2D eigenvalue weighted by Gasteiger charge is -2.10. The maximum absolute atomic E-state index is 5.21. The number of rotatable bonds is 4. The molecule has 2 aromatic heterocycles. The molecule has 0 atom stereocenters. The van der Waals surface area contributed by atoms with Crippen LogP contribution in [0.1, 0.15) is 22.6 Å². The molecule has 0 spiro atoms. The van der Waals surface area contributed by atoms with E-state index in [9.17, 15) is 0 Å². The molecule has 0 amide bonds. The maximum Gasteiger partial charge on any atom is 0.214 e. The Morgan fingerprint density at radius 1 is 1.19 bits per heavy atom. The fourth-order valence-electron chi connectivity index (χ4n) is 2.17. The van der Waals surface area contributed by atoms with Gasteiger partial charge in [-0.3, -0.25) is 0 Å². The first-order valence-corrected chi connectivity index (χ1v) is 7.53. The SMILES string of the molecule is Cc1cc(CSc2nnnn2-c2c(C)cccc2C)on1. The zero-order valence-corrected chi connectivity index (χ0v) is 12.9. The summed E-state index contributed by atoms with van der Waals surface area (Å²) < 4.78 is 6.98. The smallest absolute Gasteiger partial charge is 0.214 e. The van der Waals surface area contributed by atoms with E-state index in [1.165, 1.54) is 11.8 Å². The second-order valence-corrected chi connectivity index (χ2v) is 5.78. The fourth-order valence-corrected chi connectivity index (χ4v) is 2.92. The number of nitrogens with zero attached hydrogens (tertiary/aromatic N) is 5.